The molecule has 1 aromatic rings. The molecule has 0 aliphatic rings. The van der Waals surface area contributed by atoms with Crippen LogP contribution in [0.2, 0.25) is 0 Å². The minimum atomic E-state index is -0.629. The molecule has 0 atom stereocenters. The molecule has 1 rings (SSSR count). The summed E-state index contributed by atoms with van der Waals surface area (Å²) in [5.74, 6) is 5.34. The fourth-order valence-electron chi connectivity index (χ4n) is 1.35. The summed E-state index contributed by atoms with van der Waals surface area (Å²) in [6.07, 6.45) is 3.07. The Balaban J connectivity index is 3.00. The average molecular weight is 261 g/mol. The molecule has 0 bridgehead atoms. The van der Waals surface area contributed by atoms with Crippen LogP contribution in [-0.4, -0.2) is 46.6 Å². The second-order valence-electron chi connectivity index (χ2n) is 4.80. The maximum Gasteiger partial charge on any atom is 0.255 e. The highest BCUT2D eigenvalue weighted by molar-refractivity contribution is 5.94. The summed E-state index contributed by atoms with van der Waals surface area (Å²) < 4.78 is 0. The van der Waals surface area contributed by atoms with Crippen LogP contribution in [0.3, 0.4) is 0 Å². The van der Waals surface area contributed by atoms with Crippen LogP contribution in [0.4, 0.5) is 0 Å². The molecule has 3 N–H and O–H groups in total. The van der Waals surface area contributed by atoms with E-state index in [9.17, 15) is 9.90 Å². The third-order valence-corrected chi connectivity index (χ3v) is 2.92. The molecule has 1 aromatic heterocycles. The van der Waals surface area contributed by atoms with Crippen LogP contribution < -0.4 is 5.73 Å². The number of aliphatic hydroxyl groups excluding tert-OH is 1. The fraction of sp³-hybridized carbons (Fsp3) is 0.429. The highest BCUT2D eigenvalue weighted by Crippen LogP contribution is 2.15. The minimum absolute atomic E-state index is 0.116. The van der Waals surface area contributed by atoms with Crippen molar-refractivity contribution < 1.29 is 9.90 Å². The molecule has 0 saturated carbocycles. The molecule has 5 nitrogen and oxygen atoms in total. The number of rotatable bonds is 3. The summed E-state index contributed by atoms with van der Waals surface area (Å²) in [4.78, 5) is 17.8. The molecule has 1 heterocycles. The molecule has 0 aromatic carbocycles. The van der Waals surface area contributed by atoms with Gasteiger partial charge in [-0.05, 0) is 19.9 Å². The maximum absolute atomic E-state index is 12.3. The summed E-state index contributed by atoms with van der Waals surface area (Å²) in [6.45, 7) is 3.72. The number of pyridine rings is 1. The highest BCUT2D eigenvalue weighted by atomic mass is 16.3. The quantitative estimate of drug-likeness (QED) is 0.764. The second kappa shape index (κ2) is 6.32. The van der Waals surface area contributed by atoms with Gasteiger partial charge in [-0.25, -0.2) is 0 Å². The van der Waals surface area contributed by atoms with E-state index in [4.69, 9.17) is 5.73 Å². The van der Waals surface area contributed by atoms with Crippen molar-refractivity contribution in [3.8, 4) is 11.8 Å². The summed E-state index contributed by atoms with van der Waals surface area (Å²) in [7, 11) is 1.65. The molecule has 102 valence electrons. The predicted octanol–water partition coefficient (Wildman–Crippen LogP) is 0.235. The van der Waals surface area contributed by atoms with Gasteiger partial charge in [-0.15, -0.1) is 0 Å². The smallest absolute Gasteiger partial charge is 0.255 e. The number of hydrogen-bond acceptors (Lipinski definition) is 4. The molecule has 0 aliphatic heterocycles. The third-order valence-electron chi connectivity index (χ3n) is 2.92. The first kappa shape index (κ1) is 15.2. The standard InChI is InChI=1S/C14H19N3O2/c1-14(2,10-18)17(3)13(19)12-7-11(5-4-6-15)8-16-9-12/h7-9,18H,6,10,15H2,1-3H3. The van der Waals surface area contributed by atoms with E-state index in [1.807, 2.05) is 0 Å². The van der Waals surface area contributed by atoms with Gasteiger partial charge in [-0.1, -0.05) is 11.8 Å². The highest BCUT2D eigenvalue weighted by Gasteiger charge is 2.27. The van der Waals surface area contributed by atoms with Crippen LogP contribution in [0, 0.1) is 11.8 Å². The van der Waals surface area contributed by atoms with Crippen molar-refractivity contribution in [3.05, 3.63) is 29.6 Å². The monoisotopic (exact) mass is 261 g/mol. The van der Waals surface area contributed by atoms with Gasteiger partial charge in [0.15, 0.2) is 0 Å². The van der Waals surface area contributed by atoms with Crippen LogP contribution >= 0.6 is 0 Å². The van der Waals surface area contributed by atoms with Gasteiger partial charge < -0.3 is 15.7 Å². The number of carbonyl (C=O) groups excluding carboxylic acids is 1. The number of nitrogens with two attached hydrogens (primary N) is 1. The molecule has 0 unspecified atom stereocenters. The Morgan fingerprint density at radius 2 is 2.21 bits per heavy atom. The normalized spacial score (nSPS) is 10.6. The summed E-state index contributed by atoms with van der Waals surface area (Å²) in [6, 6.07) is 1.67. The van der Waals surface area contributed by atoms with Crippen LogP contribution in [0.15, 0.2) is 18.5 Å². The van der Waals surface area contributed by atoms with E-state index >= 15 is 0 Å². The first-order valence-corrected chi connectivity index (χ1v) is 5.95. The lowest BCUT2D eigenvalue weighted by atomic mass is 10.0. The van der Waals surface area contributed by atoms with Gasteiger partial charge in [-0.3, -0.25) is 9.78 Å². The Morgan fingerprint density at radius 1 is 1.53 bits per heavy atom. The van der Waals surface area contributed by atoms with Crippen LogP contribution in [0.25, 0.3) is 0 Å². The van der Waals surface area contributed by atoms with Crippen molar-refractivity contribution >= 4 is 5.91 Å². The van der Waals surface area contributed by atoms with Crippen LogP contribution in [0.1, 0.15) is 29.8 Å². The first-order chi connectivity index (χ1) is 8.92. The Morgan fingerprint density at radius 3 is 2.79 bits per heavy atom. The summed E-state index contributed by atoms with van der Waals surface area (Å²) in [5, 5.41) is 9.29. The topological polar surface area (TPSA) is 79.5 Å². The lowest BCUT2D eigenvalue weighted by Crippen LogP contribution is -2.47. The van der Waals surface area contributed by atoms with Gasteiger partial charge in [0.1, 0.15) is 0 Å². The van der Waals surface area contributed by atoms with Crippen molar-refractivity contribution in [2.24, 2.45) is 5.73 Å². The zero-order chi connectivity index (χ0) is 14.5. The van der Waals surface area contributed by atoms with Crippen LogP contribution in [-0.2, 0) is 0 Å². The van der Waals surface area contributed by atoms with E-state index < -0.39 is 5.54 Å². The van der Waals surface area contributed by atoms with E-state index in [1.165, 1.54) is 11.1 Å². The van der Waals surface area contributed by atoms with Gasteiger partial charge >= 0.3 is 0 Å². The van der Waals surface area contributed by atoms with Crippen molar-refractivity contribution in [1.29, 1.82) is 0 Å². The molecule has 1 amide bonds. The molecule has 5 heteroatoms. The van der Waals surface area contributed by atoms with Crippen LogP contribution in [0.5, 0.6) is 0 Å². The number of nitrogens with zero attached hydrogens (tertiary/aromatic N) is 2. The SMILES string of the molecule is CN(C(=O)c1cncc(C#CCN)c1)C(C)(C)CO. The number of aliphatic hydroxyl groups is 1. The molecule has 0 fully saturated rings. The minimum Gasteiger partial charge on any atom is -0.394 e. The van der Waals surface area contributed by atoms with E-state index in [1.54, 1.807) is 33.2 Å². The molecule has 0 aliphatic carbocycles. The maximum atomic E-state index is 12.3. The summed E-state index contributed by atoms with van der Waals surface area (Å²) in [5.41, 5.74) is 5.75. The number of aromatic nitrogens is 1. The Labute approximate surface area is 113 Å². The molecular weight excluding hydrogens is 242 g/mol. The summed E-state index contributed by atoms with van der Waals surface area (Å²) >= 11 is 0. The molecule has 19 heavy (non-hydrogen) atoms. The lowest BCUT2D eigenvalue weighted by molar-refractivity contribution is 0.0473. The number of hydrogen-bond donors (Lipinski definition) is 2. The third kappa shape index (κ3) is 3.78. The Hall–Kier alpha value is -1.90. The van der Waals surface area contributed by atoms with E-state index in [2.05, 4.69) is 16.8 Å². The molecule has 0 saturated heterocycles. The van der Waals surface area contributed by atoms with Crippen molar-refractivity contribution in [2.45, 2.75) is 19.4 Å². The van der Waals surface area contributed by atoms with Gasteiger partial charge in [0.25, 0.3) is 5.91 Å². The van der Waals surface area contributed by atoms with Crippen molar-refractivity contribution in [1.82, 2.24) is 9.88 Å². The first-order valence-electron chi connectivity index (χ1n) is 5.95. The van der Waals surface area contributed by atoms with Crippen molar-refractivity contribution in [3.63, 3.8) is 0 Å². The number of amides is 1. The molecular formula is C14H19N3O2. The largest absolute Gasteiger partial charge is 0.394 e. The van der Waals surface area contributed by atoms with Gasteiger partial charge in [0.05, 0.1) is 24.3 Å². The Bertz CT molecular complexity index is 515. The zero-order valence-corrected chi connectivity index (χ0v) is 11.5. The lowest BCUT2D eigenvalue weighted by Gasteiger charge is -2.33. The van der Waals surface area contributed by atoms with E-state index in [0.717, 1.165) is 0 Å². The predicted molar refractivity (Wildman–Crippen MR) is 73.4 cm³/mol. The van der Waals surface area contributed by atoms with Gasteiger partial charge in [0.2, 0.25) is 0 Å². The average Bonchev–Trinajstić information content (AvgIpc) is 2.43. The number of likely N-dealkylation sites (N-methyl/N-ethyl adjacent to an activating group) is 1. The van der Waals surface area contributed by atoms with E-state index in [0.29, 0.717) is 11.1 Å². The number of carbonyl (C=O) groups is 1. The van der Waals surface area contributed by atoms with Gasteiger partial charge in [0, 0.05) is 25.0 Å². The Kier molecular flexibility index (Phi) is 5.04. The van der Waals surface area contributed by atoms with E-state index in [-0.39, 0.29) is 19.1 Å². The van der Waals surface area contributed by atoms with Crippen molar-refractivity contribution in [2.75, 3.05) is 20.2 Å². The van der Waals surface area contributed by atoms with Gasteiger partial charge in [-0.2, -0.15) is 0 Å². The zero-order valence-electron chi connectivity index (χ0n) is 11.5. The molecule has 0 spiro atoms. The fourth-order valence-corrected chi connectivity index (χ4v) is 1.35. The second-order valence-corrected chi connectivity index (χ2v) is 4.80. The molecule has 0 radical (unpaired) electrons.